The second kappa shape index (κ2) is 8.97. The van der Waals surface area contributed by atoms with Crippen LogP contribution in [0.5, 0.6) is 0 Å². The number of carbonyl (C=O) groups excluding carboxylic acids is 3. The van der Waals surface area contributed by atoms with Crippen molar-refractivity contribution in [3.63, 3.8) is 0 Å². The molecule has 0 fully saturated rings. The fraction of sp³-hybridized carbons (Fsp3) is 0.375. The van der Waals surface area contributed by atoms with E-state index in [1.807, 2.05) is 52.0 Å². The molecule has 8 nitrogen and oxygen atoms in total. The Morgan fingerprint density at radius 2 is 1.67 bits per heavy atom. The number of aryl methyl sites for hydroxylation is 1. The zero-order valence-electron chi connectivity index (χ0n) is 19.5. The number of carbonyl (C=O) groups is 3. The molecule has 3 rings (SSSR count). The van der Waals surface area contributed by atoms with E-state index in [1.165, 1.54) is 23.1 Å². The average Bonchev–Trinajstić information content (AvgIpc) is 2.92. The largest absolute Gasteiger partial charge is 0.350 e. The Balaban J connectivity index is 1.92. The zero-order chi connectivity index (χ0) is 24.6. The van der Waals surface area contributed by atoms with E-state index in [0.717, 1.165) is 11.1 Å². The number of amides is 3. The minimum atomic E-state index is -4.14. The lowest BCUT2D eigenvalue weighted by atomic mass is 10.1. The summed E-state index contributed by atoms with van der Waals surface area (Å²) in [5.74, 6) is -1.76. The first kappa shape index (κ1) is 24.4. The van der Waals surface area contributed by atoms with Gasteiger partial charge in [0.05, 0.1) is 5.56 Å². The summed E-state index contributed by atoms with van der Waals surface area (Å²) in [6.07, 6.45) is 0. The van der Waals surface area contributed by atoms with Gasteiger partial charge in [-0.05, 0) is 57.9 Å². The van der Waals surface area contributed by atoms with Crippen molar-refractivity contribution in [2.24, 2.45) is 0 Å². The van der Waals surface area contributed by atoms with Crippen molar-refractivity contribution in [1.82, 2.24) is 14.5 Å². The number of nitrogens with one attached hydrogen (secondary N) is 1. The Bertz CT molecular complexity index is 1200. The van der Waals surface area contributed by atoms with E-state index < -0.39 is 40.0 Å². The van der Waals surface area contributed by atoms with Crippen LogP contribution in [0.2, 0.25) is 0 Å². The molecule has 1 aliphatic heterocycles. The van der Waals surface area contributed by atoms with Crippen LogP contribution in [0.4, 0.5) is 0 Å². The van der Waals surface area contributed by atoms with Crippen LogP contribution in [-0.2, 0) is 26.2 Å². The monoisotopic (exact) mass is 471 g/mol. The molecular formula is C24H29N3O5S. The zero-order valence-corrected chi connectivity index (χ0v) is 20.3. The van der Waals surface area contributed by atoms with Crippen molar-refractivity contribution in [2.45, 2.75) is 57.6 Å². The maximum Gasteiger partial charge on any atom is 0.269 e. The number of hydrogen-bond acceptors (Lipinski definition) is 5. The van der Waals surface area contributed by atoms with Crippen LogP contribution in [0.15, 0.2) is 53.4 Å². The highest BCUT2D eigenvalue weighted by Crippen LogP contribution is 2.30. The van der Waals surface area contributed by atoms with E-state index >= 15 is 0 Å². The highest BCUT2D eigenvalue weighted by Gasteiger charge is 2.43. The molecule has 1 atom stereocenters. The predicted octanol–water partition coefficient (Wildman–Crippen LogP) is 2.47. The quantitative estimate of drug-likeness (QED) is 0.697. The summed E-state index contributed by atoms with van der Waals surface area (Å²) in [6.45, 7) is 8.39. The lowest BCUT2D eigenvalue weighted by Gasteiger charge is -2.32. The molecule has 3 amide bonds. The number of benzene rings is 2. The minimum absolute atomic E-state index is 0.0364. The first-order chi connectivity index (χ1) is 15.3. The summed E-state index contributed by atoms with van der Waals surface area (Å²) in [5, 5.41) is 2.86. The van der Waals surface area contributed by atoms with Gasteiger partial charge in [0.25, 0.3) is 15.9 Å². The highest BCUT2D eigenvalue weighted by atomic mass is 32.2. The molecule has 0 bridgehead atoms. The van der Waals surface area contributed by atoms with Crippen LogP contribution in [0.25, 0.3) is 0 Å². The van der Waals surface area contributed by atoms with Crippen LogP contribution in [0.1, 0.15) is 49.2 Å². The third kappa shape index (κ3) is 5.08. The van der Waals surface area contributed by atoms with Gasteiger partial charge < -0.3 is 10.2 Å². The molecule has 2 aromatic carbocycles. The molecule has 0 aromatic heterocycles. The van der Waals surface area contributed by atoms with E-state index in [2.05, 4.69) is 5.32 Å². The lowest BCUT2D eigenvalue weighted by Crippen LogP contribution is -2.54. The molecule has 2 aromatic rings. The standard InChI is InChI=1S/C24H29N3O5S/c1-16-10-6-7-11-18(16)14-26(17(2)22(29)25-24(3,4)5)21(28)15-27-23(30)19-12-8-9-13-20(19)33(27,31)32/h6-13,17H,14-15H2,1-5H3,(H,25,29)/t17-/m0/s1. The normalized spacial score (nSPS) is 15.7. The van der Waals surface area contributed by atoms with Gasteiger partial charge in [0.15, 0.2) is 0 Å². The molecule has 0 unspecified atom stereocenters. The molecule has 9 heteroatoms. The maximum atomic E-state index is 13.4. The first-order valence-electron chi connectivity index (χ1n) is 10.6. The highest BCUT2D eigenvalue weighted by molar-refractivity contribution is 7.90. The van der Waals surface area contributed by atoms with Gasteiger partial charge in [-0.3, -0.25) is 14.4 Å². The second-order valence-electron chi connectivity index (χ2n) is 9.18. The second-order valence-corrected chi connectivity index (χ2v) is 11.0. The first-order valence-corrected chi connectivity index (χ1v) is 12.1. The Kier molecular flexibility index (Phi) is 6.65. The van der Waals surface area contributed by atoms with Gasteiger partial charge in [0, 0.05) is 12.1 Å². The fourth-order valence-corrected chi connectivity index (χ4v) is 5.15. The Labute approximate surface area is 194 Å². The van der Waals surface area contributed by atoms with Gasteiger partial charge in [0.1, 0.15) is 17.5 Å². The number of sulfonamides is 1. The number of rotatable bonds is 6. The molecule has 33 heavy (non-hydrogen) atoms. The molecule has 176 valence electrons. The number of nitrogens with zero attached hydrogens (tertiary/aromatic N) is 2. The van der Waals surface area contributed by atoms with Gasteiger partial charge in [-0.2, -0.15) is 0 Å². The Morgan fingerprint density at radius 3 is 2.27 bits per heavy atom. The maximum absolute atomic E-state index is 13.4. The summed E-state index contributed by atoms with van der Waals surface area (Å²) in [6, 6.07) is 12.4. The number of hydrogen-bond donors (Lipinski definition) is 1. The van der Waals surface area contributed by atoms with Gasteiger partial charge in [-0.15, -0.1) is 0 Å². The predicted molar refractivity (Wildman–Crippen MR) is 124 cm³/mol. The summed E-state index contributed by atoms with van der Waals surface area (Å²) in [4.78, 5) is 40.2. The third-order valence-electron chi connectivity index (χ3n) is 5.46. The van der Waals surface area contributed by atoms with E-state index in [-0.39, 0.29) is 22.9 Å². The van der Waals surface area contributed by atoms with Gasteiger partial charge >= 0.3 is 0 Å². The Morgan fingerprint density at radius 1 is 1.06 bits per heavy atom. The van der Waals surface area contributed by atoms with Gasteiger partial charge in [-0.1, -0.05) is 36.4 Å². The smallest absolute Gasteiger partial charge is 0.269 e. The molecule has 1 aliphatic rings. The molecule has 0 saturated carbocycles. The van der Waals surface area contributed by atoms with Crippen LogP contribution in [-0.4, -0.2) is 53.5 Å². The molecule has 0 saturated heterocycles. The van der Waals surface area contributed by atoms with E-state index in [1.54, 1.807) is 13.0 Å². The van der Waals surface area contributed by atoms with Crippen molar-refractivity contribution >= 4 is 27.7 Å². The topological polar surface area (TPSA) is 104 Å². The minimum Gasteiger partial charge on any atom is -0.350 e. The summed E-state index contributed by atoms with van der Waals surface area (Å²) >= 11 is 0. The van der Waals surface area contributed by atoms with Crippen molar-refractivity contribution in [2.75, 3.05) is 6.54 Å². The van der Waals surface area contributed by atoms with E-state index in [9.17, 15) is 22.8 Å². The van der Waals surface area contributed by atoms with Crippen molar-refractivity contribution in [3.8, 4) is 0 Å². The third-order valence-corrected chi connectivity index (χ3v) is 7.25. The van der Waals surface area contributed by atoms with E-state index in [4.69, 9.17) is 0 Å². The van der Waals surface area contributed by atoms with Crippen LogP contribution in [0.3, 0.4) is 0 Å². The average molecular weight is 472 g/mol. The molecule has 0 aliphatic carbocycles. The van der Waals surface area contributed by atoms with Gasteiger partial charge in [0.2, 0.25) is 11.8 Å². The van der Waals surface area contributed by atoms with Crippen LogP contribution in [0, 0.1) is 6.92 Å². The summed E-state index contributed by atoms with van der Waals surface area (Å²) in [5.41, 5.74) is 1.27. The SMILES string of the molecule is Cc1ccccc1CN(C(=O)CN1C(=O)c2ccccc2S1(=O)=O)[C@@H](C)C(=O)NC(C)(C)C. The molecule has 0 spiro atoms. The molecule has 1 heterocycles. The van der Waals surface area contributed by atoms with Crippen molar-refractivity contribution in [1.29, 1.82) is 0 Å². The lowest BCUT2D eigenvalue weighted by molar-refractivity contribution is -0.141. The van der Waals surface area contributed by atoms with Gasteiger partial charge in [-0.25, -0.2) is 12.7 Å². The van der Waals surface area contributed by atoms with E-state index in [0.29, 0.717) is 4.31 Å². The molecular weight excluding hydrogens is 442 g/mol. The summed E-state index contributed by atoms with van der Waals surface area (Å²) in [7, 11) is -4.14. The molecule has 1 N–H and O–H groups in total. The number of fused-ring (bicyclic) bond motifs is 1. The Hall–Kier alpha value is -3.20. The van der Waals surface area contributed by atoms with Crippen LogP contribution < -0.4 is 5.32 Å². The molecule has 0 radical (unpaired) electrons. The summed E-state index contributed by atoms with van der Waals surface area (Å²) < 4.78 is 26.4. The van der Waals surface area contributed by atoms with Crippen LogP contribution >= 0.6 is 0 Å². The fourth-order valence-electron chi connectivity index (χ4n) is 3.63. The van der Waals surface area contributed by atoms with Crippen molar-refractivity contribution < 1.29 is 22.8 Å². The van der Waals surface area contributed by atoms with Crippen molar-refractivity contribution in [3.05, 3.63) is 65.2 Å².